The van der Waals surface area contributed by atoms with E-state index in [2.05, 4.69) is 0 Å². The van der Waals surface area contributed by atoms with Crippen molar-refractivity contribution in [2.45, 2.75) is 6.92 Å². The number of carbonyl (C=O) groups is 1. The van der Waals surface area contributed by atoms with Crippen molar-refractivity contribution in [1.29, 1.82) is 0 Å². The number of esters is 1. The molecule has 0 amide bonds. The molecule has 3 rings (SSSR count). The molecule has 3 heteroatoms. The summed E-state index contributed by atoms with van der Waals surface area (Å²) in [6.07, 6.45) is 0. The molecular weight excluding hydrogens is 264 g/mol. The van der Waals surface area contributed by atoms with Crippen LogP contribution in [0.4, 0.5) is 0 Å². The molecule has 0 fully saturated rings. The Hall–Kier alpha value is -2.81. The predicted octanol–water partition coefficient (Wildman–Crippen LogP) is 4.47. The van der Waals surface area contributed by atoms with Gasteiger partial charge in [0.15, 0.2) is 5.75 Å². The van der Waals surface area contributed by atoms with Gasteiger partial charge in [-0.15, -0.1) is 0 Å². The molecule has 0 aliphatic rings. The lowest BCUT2D eigenvalue weighted by Crippen LogP contribution is -2.08. The van der Waals surface area contributed by atoms with E-state index >= 15 is 0 Å². The lowest BCUT2D eigenvalue weighted by Gasteiger charge is -2.01. The number of benzene rings is 2. The second-order valence-electron chi connectivity index (χ2n) is 4.65. The Bertz CT molecular complexity index is 743. The highest BCUT2D eigenvalue weighted by atomic mass is 16.5. The highest BCUT2D eigenvalue weighted by molar-refractivity contribution is 5.91. The van der Waals surface area contributed by atoms with Crippen molar-refractivity contribution in [2.24, 2.45) is 0 Å². The molecule has 3 nitrogen and oxygen atoms in total. The summed E-state index contributed by atoms with van der Waals surface area (Å²) in [7, 11) is 0. The van der Waals surface area contributed by atoms with Crippen LogP contribution in [-0.2, 0) is 0 Å². The fourth-order valence-corrected chi connectivity index (χ4v) is 2.04. The number of carbonyl (C=O) groups excluding carboxylic acids is 1. The molecule has 2 aromatic carbocycles. The van der Waals surface area contributed by atoms with E-state index < -0.39 is 0 Å². The van der Waals surface area contributed by atoms with Crippen molar-refractivity contribution in [1.82, 2.24) is 0 Å². The SMILES string of the molecule is Cc1oc(-c2ccccc2)cc1OC(=O)c1ccccc1. The minimum Gasteiger partial charge on any atom is -0.457 e. The van der Waals surface area contributed by atoms with Crippen LogP contribution in [0, 0.1) is 6.92 Å². The van der Waals surface area contributed by atoms with Crippen LogP contribution in [-0.4, -0.2) is 5.97 Å². The highest BCUT2D eigenvalue weighted by Gasteiger charge is 2.15. The summed E-state index contributed by atoms with van der Waals surface area (Å²) in [6.45, 7) is 1.78. The molecule has 0 bridgehead atoms. The average molecular weight is 278 g/mol. The van der Waals surface area contributed by atoms with E-state index in [1.165, 1.54) is 0 Å². The molecule has 0 radical (unpaired) electrons. The van der Waals surface area contributed by atoms with Crippen LogP contribution < -0.4 is 4.74 Å². The quantitative estimate of drug-likeness (QED) is 0.663. The molecule has 0 saturated heterocycles. The van der Waals surface area contributed by atoms with Gasteiger partial charge in [-0.05, 0) is 19.1 Å². The topological polar surface area (TPSA) is 39.4 Å². The number of furan rings is 1. The van der Waals surface area contributed by atoms with Crippen molar-refractivity contribution in [3.63, 3.8) is 0 Å². The van der Waals surface area contributed by atoms with E-state index in [0.29, 0.717) is 22.8 Å². The fraction of sp³-hybridized carbons (Fsp3) is 0.0556. The van der Waals surface area contributed by atoms with E-state index in [1.807, 2.05) is 36.4 Å². The first-order valence-corrected chi connectivity index (χ1v) is 6.67. The van der Waals surface area contributed by atoms with Gasteiger partial charge in [-0.1, -0.05) is 48.5 Å². The van der Waals surface area contributed by atoms with Crippen molar-refractivity contribution in [3.8, 4) is 17.1 Å². The summed E-state index contributed by atoms with van der Waals surface area (Å²) < 4.78 is 11.1. The van der Waals surface area contributed by atoms with Gasteiger partial charge in [0.05, 0.1) is 5.56 Å². The third-order valence-corrected chi connectivity index (χ3v) is 3.14. The minimum absolute atomic E-state index is 0.390. The van der Waals surface area contributed by atoms with Gasteiger partial charge in [-0.25, -0.2) is 4.79 Å². The fourth-order valence-electron chi connectivity index (χ4n) is 2.04. The number of aryl methyl sites for hydroxylation is 1. The summed E-state index contributed by atoms with van der Waals surface area (Å²) >= 11 is 0. The van der Waals surface area contributed by atoms with E-state index in [4.69, 9.17) is 9.15 Å². The first kappa shape index (κ1) is 13.2. The maximum absolute atomic E-state index is 12.0. The van der Waals surface area contributed by atoms with Crippen LogP contribution in [0.2, 0.25) is 0 Å². The van der Waals surface area contributed by atoms with Crippen LogP contribution in [0.1, 0.15) is 16.1 Å². The summed E-state index contributed by atoms with van der Waals surface area (Å²) in [5.74, 6) is 1.32. The van der Waals surface area contributed by atoms with Crippen LogP contribution in [0.15, 0.2) is 71.1 Å². The standard InChI is InChI=1S/C18H14O3/c1-13-16(21-18(19)15-10-6-3-7-11-15)12-17(20-13)14-8-4-2-5-9-14/h2-12H,1H3. The third-order valence-electron chi connectivity index (χ3n) is 3.14. The van der Waals surface area contributed by atoms with Crippen molar-refractivity contribution in [2.75, 3.05) is 0 Å². The third kappa shape index (κ3) is 2.87. The smallest absolute Gasteiger partial charge is 0.343 e. The summed E-state index contributed by atoms with van der Waals surface area (Å²) in [4.78, 5) is 12.0. The molecule has 1 aromatic heterocycles. The van der Waals surface area contributed by atoms with Gasteiger partial charge < -0.3 is 9.15 Å². The normalized spacial score (nSPS) is 10.3. The molecule has 0 aliphatic carbocycles. The Morgan fingerprint density at radius 2 is 1.57 bits per heavy atom. The van der Waals surface area contributed by atoms with Gasteiger partial charge in [0.2, 0.25) is 0 Å². The number of hydrogen-bond donors (Lipinski definition) is 0. The zero-order chi connectivity index (χ0) is 14.7. The van der Waals surface area contributed by atoms with Crippen molar-refractivity contribution in [3.05, 3.63) is 78.1 Å². The first-order chi connectivity index (χ1) is 10.2. The Kier molecular flexibility index (Phi) is 3.56. The Morgan fingerprint density at radius 3 is 2.24 bits per heavy atom. The largest absolute Gasteiger partial charge is 0.457 e. The molecule has 0 saturated carbocycles. The first-order valence-electron chi connectivity index (χ1n) is 6.67. The van der Waals surface area contributed by atoms with E-state index in [-0.39, 0.29) is 5.97 Å². The zero-order valence-electron chi connectivity index (χ0n) is 11.6. The van der Waals surface area contributed by atoms with Crippen LogP contribution in [0.5, 0.6) is 5.75 Å². The van der Waals surface area contributed by atoms with Crippen LogP contribution in [0.3, 0.4) is 0 Å². The second-order valence-corrected chi connectivity index (χ2v) is 4.65. The Labute approximate surface area is 122 Å². The van der Waals surface area contributed by atoms with E-state index in [0.717, 1.165) is 5.56 Å². The van der Waals surface area contributed by atoms with Gasteiger partial charge in [0.1, 0.15) is 11.5 Å². The van der Waals surface area contributed by atoms with E-state index in [9.17, 15) is 4.79 Å². The van der Waals surface area contributed by atoms with Crippen molar-refractivity contribution >= 4 is 5.97 Å². The molecule has 1 heterocycles. The molecule has 0 aliphatic heterocycles. The highest BCUT2D eigenvalue weighted by Crippen LogP contribution is 2.30. The maximum Gasteiger partial charge on any atom is 0.343 e. The number of hydrogen-bond acceptors (Lipinski definition) is 3. The molecule has 104 valence electrons. The molecule has 0 spiro atoms. The summed E-state index contributed by atoms with van der Waals surface area (Å²) in [5, 5.41) is 0. The predicted molar refractivity (Wildman–Crippen MR) is 80.3 cm³/mol. The lowest BCUT2D eigenvalue weighted by atomic mass is 10.2. The lowest BCUT2D eigenvalue weighted by molar-refractivity contribution is 0.0732. The van der Waals surface area contributed by atoms with Gasteiger partial charge >= 0.3 is 5.97 Å². The van der Waals surface area contributed by atoms with Gasteiger partial charge in [-0.3, -0.25) is 0 Å². The summed E-state index contributed by atoms with van der Waals surface area (Å²) in [5.41, 5.74) is 1.46. The van der Waals surface area contributed by atoms with Gasteiger partial charge in [0, 0.05) is 11.6 Å². The minimum atomic E-state index is -0.390. The van der Waals surface area contributed by atoms with Crippen molar-refractivity contribution < 1.29 is 13.9 Å². The molecular formula is C18H14O3. The molecule has 0 atom stereocenters. The Balaban J connectivity index is 1.84. The zero-order valence-corrected chi connectivity index (χ0v) is 11.6. The van der Waals surface area contributed by atoms with Crippen LogP contribution >= 0.6 is 0 Å². The van der Waals surface area contributed by atoms with Gasteiger partial charge in [0.25, 0.3) is 0 Å². The summed E-state index contributed by atoms with van der Waals surface area (Å²) in [6, 6.07) is 20.3. The molecule has 21 heavy (non-hydrogen) atoms. The monoisotopic (exact) mass is 278 g/mol. The Morgan fingerprint density at radius 1 is 0.952 bits per heavy atom. The molecule has 0 unspecified atom stereocenters. The van der Waals surface area contributed by atoms with Crippen LogP contribution in [0.25, 0.3) is 11.3 Å². The second kappa shape index (κ2) is 5.67. The number of ether oxygens (including phenoxy) is 1. The molecule has 3 aromatic rings. The van der Waals surface area contributed by atoms with Gasteiger partial charge in [-0.2, -0.15) is 0 Å². The number of rotatable bonds is 3. The average Bonchev–Trinajstić information content (AvgIpc) is 2.90. The maximum atomic E-state index is 12.0. The van der Waals surface area contributed by atoms with E-state index in [1.54, 1.807) is 37.3 Å². The molecule has 0 N–H and O–H groups in total.